The Morgan fingerprint density at radius 2 is 2.00 bits per heavy atom. The second-order valence-electron chi connectivity index (χ2n) is 4.00. The summed E-state index contributed by atoms with van der Waals surface area (Å²) in [5.74, 6) is 0. The molecule has 1 aromatic carbocycles. The molecule has 1 aromatic rings. The van der Waals surface area contributed by atoms with Gasteiger partial charge in [0, 0.05) is 0 Å². The molecule has 0 aliphatic rings. The smallest absolute Gasteiger partial charge is 0.0130 e. The third kappa shape index (κ3) is 4.18. The summed E-state index contributed by atoms with van der Waals surface area (Å²) in [6.07, 6.45) is 7.83. The van der Waals surface area contributed by atoms with Crippen molar-refractivity contribution in [2.45, 2.75) is 40.0 Å². The van der Waals surface area contributed by atoms with E-state index in [1.165, 1.54) is 29.5 Å². The first-order valence-corrected chi connectivity index (χ1v) is 5.72. The first-order chi connectivity index (χ1) is 7.24. The lowest BCUT2D eigenvalue weighted by Gasteiger charge is -1.99. The number of hydrogen-bond donors (Lipinski definition) is 0. The van der Waals surface area contributed by atoms with Crippen LogP contribution in [0.4, 0.5) is 0 Å². The van der Waals surface area contributed by atoms with E-state index in [1.54, 1.807) is 0 Å². The summed E-state index contributed by atoms with van der Waals surface area (Å²) in [5, 5.41) is 0. The molecule has 0 heterocycles. The quantitative estimate of drug-likeness (QED) is 0.489. The second kappa shape index (κ2) is 6.27. The van der Waals surface area contributed by atoms with Gasteiger partial charge in [-0.25, -0.2) is 0 Å². The van der Waals surface area contributed by atoms with Crippen molar-refractivity contribution in [3.8, 4) is 0 Å². The first kappa shape index (κ1) is 11.8. The Labute approximate surface area is 93.3 Å². The zero-order valence-electron chi connectivity index (χ0n) is 10.0. The number of benzene rings is 1. The van der Waals surface area contributed by atoms with Crippen molar-refractivity contribution in [2.75, 3.05) is 0 Å². The van der Waals surface area contributed by atoms with Gasteiger partial charge in [0.25, 0.3) is 0 Å². The van der Waals surface area contributed by atoms with Gasteiger partial charge in [-0.3, -0.25) is 0 Å². The van der Waals surface area contributed by atoms with Crippen LogP contribution in [0, 0.1) is 13.8 Å². The van der Waals surface area contributed by atoms with Gasteiger partial charge in [0.1, 0.15) is 0 Å². The van der Waals surface area contributed by atoms with E-state index in [2.05, 4.69) is 56.9 Å². The van der Waals surface area contributed by atoms with Crippen molar-refractivity contribution in [2.24, 2.45) is 0 Å². The van der Waals surface area contributed by atoms with Gasteiger partial charge in [-0.05, 0) is 55.5 Å². The molecule has 0 aliphatic carbocycles. The Morgan fingerprint density at radius 3 is 2.67 bits per heavy atom. The molecule has 0 atom stereocenters. The maximum Gasteiger partial charge on any atom is -0.0130 e. The van der Waals surface area contributed by atoms with Crippen molar-refractivity contribution < 1.29 is 0 Å². The van der Waals surface area contributed by atoms with Gasteiger partial charge in [0.15, 0.2) is 0 Å². The number of hydrogen-bond acceptors (Lipinski definition) is 0. The van der Waals surface area contributed by atoms with Crippen LogP contribution in [0.2, 0.25) is 0 Å². The number of aryl methyl sites for hydroxylation is 2. The fourth-order valence-corrected chi connectivity index (χ4v) is 1.40. The van der Waals surface area contributed by atoms with E-state index >= 15 is 0 Å². The van der Waals surface area contributed by atoms with Gasteiger partial charge in [-0.15, -0.1) is 5.73 Å². The molecule has 0 spiro atoms. The monoisotopic (exact) mass is 200 g/mol. The molecule has 0 N–H and O–H groups in total. The van der Waals surface area contributed by atoms with Crippen LogP contribution < -0.4 is 0 Å². The Hall–Kier alpha value is -1.26. The minimum Gasteiger partial charge on any atom is -0.125 e. The minimum atomic E-state index is 1.14. The highest BCUT2D eigenvalue weighted by Gasteiger charge is 1.91. The van der Waals surface area contributed by atoms with Crippen LogP contribution in [-0.2, 0) is 0 Å². The molecule has 0 saturated heterocycles. The number of unbranched alkanes of at least 4 members (excludes halogenated alkanes) is 2. The van der Waals surface area contributed by atoms with Gasteiger partial charge < -0.3 is 0 Å². The average Bonchev–Trinajstić information content (AvgIpc) is 2.23. The van der Waals surface area contributed by atoms with Crippen LogP contribution in [0.1, 0.15) is 42.9 Å². The molecule has 1 rings (SSSR count). The van der Waals surface area contributed by atoms with Crippen LogP contribution in [0.3, 0.4) is 0 Å². The highest BCUT2D eigenvalue weighted by molar-refractivity contribution is 5.51. The third-order valence-corrected chi connectivity index (χ3v) is 2.60. The summed E-state index contributed by atoms with van der Waals surface area (Å²) < 4.78 is 0. The SMILES string of the molecule is CCCCC=C=Cc1ccc(C)c(C)c1. The Bertz CT molecular complexity index is 366. The Balaban J connectivity index is 2.64. The van der Waals surface area contributed by atoms with E-state index in [-0.39, 0.29) is 0 Å². The fourth-order valence-electron chi connectivity index (χ4n) is 1.40. The lowest BCUT2D eigenvalue weighted by Crippen LogP contribution is -1.80. The topological polar surface area (TPSA) is 0 Å². The molecule has 0 amide bonds. The zero-order chi connectivity index (χ0) is 11.1. The van der Waals surface area contributed by atoms with Crippen LogP contribution >= 0.6 is 0 Å². The predicted molar refractivity (Wildman–Crippen MR) is 68.0 cm³/mol. The molecule has 0 aromatic heterocycles. The largest absolute Gasteiger partial charge is 0.125 e. The Morgan fingerprint density at radius 1 is 1.20 bits per heavy atom. The summed E-state index contributed by atoms with van der Waals surface area (Å²) >= 11 is 0. The number of rotatable bonds is 4. The molecule has 0 fully saturated rings. The maximum atomic E-state index is 3.23. The van der Waals surface area contributed by atoms with Crippen LogP contribution in [0.25, 0.3) is 6.08 Å². The van der Waals surface area contributed by atoms with Crippen molar-refractivity contribution in [1.29, 1.82) is 0 Å². The maximum absolute atomic E-state index is 3.23. The zero-order valence-corrected chi connectivity index (χ0v) is 10.0. The lowest BCUT2D eigenvalue weighted by atomic mass is 10.1. The summed E-state index contributed by atoms with van der Waals surface area (Å²) in [6, 6.07) is 6.51. The third-order valence-electron chi connectivity index (χ3n) is 2.60. The summed E-state index contributed by atoms with van der Waals surface area (Å²) in [4.78, 5) is 0. The van der Waals surface area contributed by atoms with Crippen molar-refractivity contribution in [3.05, 3.63) is 46.7 Å². The van der Waals surface area contributed by atoms with Crippen LogP contribution in [-0.4, -0.2) is 0 Å². The summed E-state index contributed by atoms with van der Waals surface area (Å²) in [5.41, 5.74) is 7.17. The van der Waals surface area contributed by atoms with E-state index in [9.17, 15) is 0 Å². The first-order valence-electron chi connectivity index (χ1n) is 5.72. The molecular formula is C15H20. The molecule has 0 nitrogen and oxygen atoms in total. The normalized spacial score (nSPS) is 9.53. The Kier molecular flexibility index (Phi) is 4.93. The molecular weight excluding hydrogens is 180 g/mol. The second-order valence-corrected chi connectivity index (χ2v) is 4.00. The molecule has 15 heavy (non-hydrogen) atoms. The van der Waals surface area contributed by atoms with Gasteiger partial charge in [-0.1, -0.05) is 31.5 Å². The molecule has 0 saturated carbocycles. The van der Waals surface area contributed by atoms with Crippen LogP contribution in [0.5, 0.6) is 0 Å². The van der Waals surface area contributed by atoms with E-state index in [1.807, 2.05) is 0 Å². The number of allylic oxidation sites excluding steroid dienone is 1. The molecule has 0 radical (unpaired) electrons. The molecule has 80 valence electrons. The molecule has 0 heteroatoms. The van der Waals surface area contributed by atoms with Gasteiger partial charge in [0.05, 0.1) is 0 Å². The van der Waals surface area contributed by atoms with Gasteiger partial charge >= 0.3 is 0 Å². The van der Waals surface area contributed by atoms with E-state index < -0.39 is 0 Å². The van der Waals surface area contributed by atoms with E-state index in [0.29, 0.717) is 0 Å². The standard InChI is InChI=1S/C15H20/c1-4-5-6-7-8-9-15-11-10-13(2)14(3)12-15/h7,9-12H,4-6H2,1-3H3. The highest BCUT2D eigenvalue weighted by atomic mass is 14.0. The lowest BCUT2D eigenvalue weighted by molar-refractivity contribution is 0.815. The average molecular weight is 200 g/mol. The van der Waals surface area contributed by atoms with Crippen LogP contribution in [0.15, 0.2) is 30.0 Å². The van der Waals surface area contributed by atoms with Crippen molar-refractivity contribution in [1.82, 2.24) is 0 Å². The van der Waals surface area contributed by atoms with E-state index in [4.69, 9.17) is 0 Å². The summed E-state index contributed by atoms with van der Waals surface area (Å²) in [7, 11) is 0. The van der Waals surface area contributed by atoms with Crippen molar-refractivity contribution >= 4 is 6.08 Å². The summed E-state index contributed by atoms with van der Waals surface area (Å²) in [6.45, 7) is 6.49. The van der Waals surface area contributed by atoms with Gasteiger partial charge in [0.2, 0.25) is 0 Å². The van der Waals surface area contributed by atoms with Gasteiger partial charge in [-0.2, -0.15) is 0 Å². The molecule has 0 unspecified atom stereocenters. The van der Waals surface area contributed by atoms with Crippen molar-refractivity contribution in [3.63, 3.8) is 0 Å². The molecule has 0 bridgehead atoms. The fraction of sp³-hybridized carbons (Fsp3) is 0.400. The molecule has 0 aliphatic heterocycles. The predicted octanol–water partition coefficient (Wildman–Crippen LogP) is 4.66. The minimum absolute atomic E-state index is 1.14. The van der Waals surface area contributed by atoms with E-state index in [0.717, 1.165) is 6.42 Å². The highest BCUT2D eigenvalue weighted by Crippen LogP contribution is 2.10.